The maximum absolute atomic E-state index is 11.2. The van der Waals surface area contributed by atoms with Crippen molar-refractivity contribution in [2.24, 2.45) is 7.05 Å². The van der Waals surface area contributed by atoms with Crippen molar-refractivity contribution in [2.45, 2.75) is 19.5 Å². The van der Waals surface area contributed by atoms with Crippen LogP contribution in [0.4, 0.5) is 0 Å². The lowest BCUT2D eigenvalue weighted by atomic mass is 10.3. The number of hydrogen-bond acceptors (Lipinski definition) is 3. The molecule has 1 amide bonds. The Bertz CT molecular complexity index is 308. The van der Waals surface area contributed by atoms with Crippen LogP contribution in [0.15, 0.2) is 12.5 Å². The SMILES string of the molecule is CNC(=O)C(C)NCc1cncn1C. The third kappa shape index (κ3) is 2.56. The average molecular weight is 196 g/mol. The summed E-state index contributed by atoms with van der Waals surface area (Å²) in [7, 11) is 3.55. The summed E-state index contributed by atoms with van der Waals surface area (Å²) in [6, 6.07) is -0.185. The molecule has 0 aliphatic heterocycles. The van der Waals surface area contributed by atoms with Gasteiger partial charge in [-0.3, -0.25) is 4.79 Å². The zero-order chi connectivity index (χ0) is 10.6. The molecule has 0 bridgehead atoms. The van der Waals surface area contributed by atoms with Gasteiger partial charge in [-0.2, -0.15) is 0 Å². The van der Waals surface area contributed by atoms with Crippen molar-refractivity contribution in [3.8, 4) is 0 Å². The van der Waals surface area contributed by atoms with E-state index in [4.69, 9.17) is 0 Å². The summed E-state index contributed by atoms with van der Waals surface area (Å²) >= 11 is 0. The molecule has 0 aliphatic rings. The molecule has 1 heterocycles. The molecule has 0 aliphatic carbocycles. The third-order valence-corrected chi connectivity index (χ3v) is 2.15. The molecular weight excluding hydrogens is 180 g/mol. The minimum atomic E-state index is -0.185. The molecule has 5 heteroatoms. The van der Waals surface area contributed by atoms with Gasteiger partial charge in [-0.1, -0.05) is 0 Å². The van der Waals surface area contributed by atoms with E-state index in [0.29, 0.717) is 6.54 Å². The predicted molar refractivity (Wildman–Crippen MR) is 53.6 cm³/mol. The van der Waals surface area contributed by atoms with Crippen molar-refractivity contribution in [2.75, 3.05) is 7.05 Å². The van der Waals surface area contributed by atoms with Gasteiger partial charge in [0.2, 0.25) is 5.91 Å². The molecule has 1 aromatic heterocycles. The highest BCUT2D eigenvalue weighted by Crippen LogP contribution is 1.95. The number of aryl methyl sites for hydroxylation is 1. The molecular formula is C9H16N4O. The van der Waals surface area contributed by atoms with Gasteiger partial charge < -0.3 is 15.2 Å². The molecule has 0 spiro atoms. The quantitative estimate of drug-likeness (QED) is 0.691. The zero-order valence-corrected chi connectivity index (χ0v) is 8.74. The van der Waals surface area contributed by atoms with E-state index in [1.807, 2.05) is 18.5 Å². The van der Waals surface area contributed by atoms with Gasteiger partial charge in [-0.25, -0.2) is 4.98 Å². The molecule has 1 rings (SSSR count). The Hall–Kier alpha value is -1.36. The lowest BCUT2D eigenvalue weighted by Gasteiger charge is -2.11. The monoisotopic (exact) mass is 196 g/mol. The van der Waals surface area contributed by atoms with Crippen molar-refractivity contribution in [1.82, 2.24) is 20.2 Å². The first-order valence-corrected chi connectivity index (χ1v) is 4.55. The lowest BCUT2D eigenvalue weighted by Crippen LogP contribution is -2.40. The Morgan fingerprint density at radius 3 is 2.93 bits per heavy atom. The minimum Gasteiger partial charge on any atom is -0.358 e. The molecule has 0 radical (unpaired) electrons. The average Bonchev–Trinajstić information content (AvgIpc) is 2.59. The molecule has 0 saturated carbocycles. The summed E-state index contributed by atoms with van der Waals surface area (Å²) in [5.74, 6) is -0.00725. The van der Waals surface area contributed by atoms with E-state index in [2.05, 4.69) is 15.6 Å². The number of amides is 1. The maximum atomic E-state index is 11.2. The lowest BCUT2D eigenvalue weighted by molar-refractivity contribution is -0.122. The topological polar surface area (TPSA) is 59.0 Å². The van der Waals surface area contributed by atoms with Crippen molar-refractivity contribution in [3.05, 3.63) is 18.2 Å². The van der Waals surface area contributed by atoms with E-state index < -0.39 is 0 Å². The van der Waals surface area contributed by atoms with Gasteiger partial charge in [0.25, 0.3) is 0 Å². The Morgan fingerprint density at radius 2 is 2.43 bits per heavy atom. The highest BCUT2D eigenvalue weighted by molar-refractivity contribution is 5.80. The van der Waals surface area contributed by atoms with Crippen LogP contribution in [0.3, 0.4) is 0 Å². The standard InChI is InChI=1S/C9H16N4O/c1-7(9(14)10-2)12-5-8-4-11-6-13(8)3/h4,6-7,12H,5H2,1-3H3,(H,10,14). The van der Waals surface area contributed by atoms with Crippen LogP contribution in [-0.4, -0.2) is 28.5 Å². The summed E-state index contributed by atoms with van der Waals surface area (Å²) in [6.07, 6.45) is 3.52. The number of likely N-dealkylation sites (N-methyl/N-ethyl adjacent to an activating group) is 1. The Balaban J connectivity index is 2.41. The Morgan fingerprint density at radius 1 is 1.71 bits per heavy atom. The van der Waals surface area contributed by atoms with E-state index in [0.717, 1.165) is 5.69 Å². The van der Waals surface area contributed by atoms with Crippen LogP contribution < -0.4 is 10.6 Å². The van der Waals surface area contributed by atoms with E-state index >= 15 is 0 Å². The van der Waals surface area contributed by atoms with Gasteiger partial charge in [0, 0.05) is 26.8 Å². The predicted octanol–water partition coefficient (Wildman–Crippen LogP) is -0.356. The zero-order valence-electron chi connectivity index (χ0n) is 8.74. The van der Waals surface area contributed by atoms with Crippen LogP contribution >= 0.6 is 0 Å². The summed E-state index contributed by atoms with van der Waals surface area (Å²) in [5, 5.41) is 5.69. The molecule has 1 atom stereocenters. The number of rotatable bonds is 4. The summed E-state index contributed by atoms with van der Waals surface area (Å²) in [4.78, 5) is 15.1. The molecule has 78 valence electrons. The van der Waals surface area contributed by atoms with Crippen molar-refractivity contribution >= 4 is 5.91 Å². The van der Waals surface area contributed by atoms with E-state index in [-0.39, 0.29) is 11.9 Å². The van der Waals surface area contributed by atoms with Gasteiger partial charge in [-0.15, -0.1) is 0 Å². The third-order valence-electron chi connectivity index (χ3n) is 2.15. The van der Waals surface area contributed by atoms with Crippen LogP contribution in [-0.2, 0) is 18.4 Å². The summed E-state index contributed by atoms with van der Waals surface area (Å²) in [5.41, 5.74) is 1.06. The van der Waals surface area contributed by atoms with Crippen molar-refractivity contribution < 1.29 is 4.79 Å². The van der Waals surface area contributed by atoms with Crippen molar-refractivity contribution in [1.29, 1.82) is 0 Å². The largest absolute Gasteiger partial charge is 0.358 e. The maximum Gasteiger partial charge on any atom is 0.236 e. The number of nitrogens with one attached hydrogen (secondary N) is 2. The number of aromatic nitrogens is 2. The first-order chi connectivity index (χ1) is 6.65. The highest BCUT2D eigenvalue weighted by Gasteiger charge is 2.10. The van der Waals surface area contributed by atoms with E-state index in [1.54, 1.807) is 19.6 Å². The molecule has 14 heavy (non-hydrogen) atoms. The molecule has 0 fully saturated rings. The molecule has 2 N–H and O–H groups in total. The normalized spacial score (nSPS) is 12.5. The van der Waals surface area contributed by atoms with Gasteiger partial charge in [0.05, 0.1) is 18.1 Å². The van der Waals surface area contributed by atoms with Crippen LogP contribution in [0.25, 0.3) is 0 Å². The molecule has 1 aromatic rings. The van der Waals surface area contributed by atoms with Crippen molar-refractivity contribution in [3.63, 3.8) is 0 Å². The first kappa shape index (κ1) is 10.7. The number of nitrogens with zero attached hydrogens (tertiary/aromatic N) is 2. The number of hydrogen-bond donors (Lipinski definition) is 2. The molecule has 0 saturated heterocycles. The smallest absolute Gasteiger partial charge is 0.236 e. The first-order valence-electron chi connectivity index (χ1n) is 4.55. The molecule has 1 unspecified atom stereocenters. The fourth-order valence-corrected chi connectivity index (χ4v) is 1.12. The second-order valence-corrected chi connectivity index (χ2v) is 3.21. The van der Waals surface area contributed by atoms with Crippen LogP contribution in [0.2, 0.25) is 0 Å². The summed E-state index contributed by atoms with van der Waals surface area (Å²) < 4.78 is 1.92. The van der Waals surface area contributed by atoms with Gasteiger partial charge >= 0.3 is 0 Å². The second kappa shape index (κ2) is 4.76. The molecule has 0 aromatic carbocycles. The molecule has 5 nitrogen and oxygen atoms in total. The van der Waals surface area contributed by atoms with E-state index in [1.165, 1.54) is 0 Å². The van der Waals surface area contributed by atoms with E-state index in [9.17, 15) is 4.79 Å². The Kier molecular flexibility index (Phi) is 3.64. The number of imidazole rings is 1. The minimum absolute atomic E-state index is 0.00725. The van der Waals surface area contributed by atoms with Crippen LogP contribution in [0, 0.1) is 0 Å². The summed E-state index contributed by atoms with van der Waals surface area (Å²) in [6.45, 7) is 2.47. The van der Waals surface area contributed by atoms with Crippen LogP contribution in [0.1, 0.15) is 12.6 Å². The van der Waals surface area contributed by atoms with Gasteiger partial charge in [0.1, 0.15) is 0 Å². The fraction of sp³-hybridized carbons (Fsp3) is 0.556. The highest BCUT2D eigenvalue weighted by atomic mass is 16.2. The second-order valence-electron chi connectivity index (χ2n) is 3.21. The van der Waals surface area contributed by atoms with Crippen LogP contribution in [0.5, 0.6) is 0 Å². The van der Waals surface area contributed by atoms with Gasteiger partial charge in [-0.05, 0) is 6.92 Å². The fourth-order valence-electron chi connectivity index (χ4n) is 1.12. The number of carbonyl (C=O) groups is 1. The van der Waals surface area contributed by atoms with Gasteiger partial charge in [0.15, 0.2) is 0 Å². The Labute approximate surface area is 83.5 Å². The number of carbonyl (C=O) groups excluding carboxylic acids is 1.